The van der Waals surface area contributed by atoms with Gasteiger partial charge in [0.1, 0.15) is 0 Å². The van der Waals surface area contributed by atoms with Crippen LogP contribution in [-0.4, -0.2) is 18.2 Å². The van der Waals surface area contributed by atoms with E-state index in [9.17, 15) is 4.79 Å². The normalized spacial score (nSPS) is 8.33. The summed E-state index contributed by atoms with van der Waals surface area (Å²) in [4.78, 5) is 14.5. The van der Waals surface area contributed by atoms with Gasteiger partial charge in [-0.15, -0.1) is 0 Å². The van der Waals surface area contributed by atoms with E-state index in [1.54, 1.807) is 13.8 Å². The molecular formula is C5H10N2O2. The molecule has 0 spiro atoms. The number of hydrogen-bond donors (Lipinski definition) is 1. The number of rotatable bonds is 2. The molecule has 0 bridgehead atoms. The number of carbonyl (C=O) groups is 1. The van der Waals surface area contributed by atoms with Crippen LogP contribution in [0.2, 0.25) is 0 Å². The van der Waals surface area contributed by atoms with E-state index in [-0.39, 0.29) is 6.54 Å². The lowest BCUT2D eigenvalue weighted by atomic mass is 10.5. The van der Waals surface area contributed by atoms with E-state index >= 15 is 0 Å². The Morgan fingerprint density at radius 2 is 2.22 bits per heavy atom. The molecule has 0 heterocycles. The highest BCUT2D eigenvalue weighted by Crippen LogP contribution is 1.78. The van der Waals surface area contributed by atoms with Gasteiger partial charge in [0.2, 0.25) is 0 Å². The highest BCUT2D eigenvalue weighted by atomic mass is 16.7. The lowest BCUT2D eigenvalue weighted by Gasteiger charge is -1.91. The van der Waals surface area contributed by atoms with Gasteiger partial charge in [-0.05, 0) is 13.8 Å². The molecule has 0 saturated carbocycles. The van der Waals surface area contributed by atoms with E-state index in [0.29, 0.717) is 5.71 Å². The molecule has 0 radical (unpaired) electrons. The van der Waals surface area contributed by atoms with Crippen molar-refractivity contribution < 1.29 is 9.63 Å². The van der Waals surface area contributed by atoms with Crippen molar-refractivity contribution in [1.29, 1.82) is 0 Å². The average molecular weight is 130 g/mol. The van der Waals surface area contributed by atoms with Crippen LogP contribution in [0.5, 0.6) is 0 Å². The Hall–Kier alpha value is -0.900. The number of hydrogen-bond acceptors (Lipinski definition) is 4. The summed E-state index contributed by atoms with van der Waals surface area (Å²) in [5, 5.41) is 3.38. The zero-order chi connectivity index (χ0) is 7.28. The Bertz CT molecular complexity index is 127. The van der Waals surface area contributed by atoms with Crippen molar-refractivity contribution in [2.45, 2.75) is 13.8 Å². The zero-order valence-corrected chi connectivity index (χ0v) is 5.55. The second kappa shape index (κ2) is 4.03. The van der Waals surface area contributed by atoms with E-state index in [2.05, 4.69) is 9.99 Å². The molecule has 0 rings (SSSR count). The highest BCUT2D eigenvalue weighted by Gasteiger charge is 1.94. The number of oxime groups is 1. The lowest BCUT2D eigenvalue weighted by Crippen LogP contribution is -2.14. The lowest BCUT2D eigenvalue weighted by molar-refractivity contribution is -0.141. The van der Waals surface area contributed by atoms with Gasteiger partial charge in [-0.3, -0.25) is 0 Å². The van der Waals surface area contributed by atoms with Crippen molar-refractivity contribution in [3.8, 4) is 0 Å². The van der Waals surface area contributed by atoms with Crippen molar-refractivity contribution in [1.82, 2.24) is 0 Å². The first-order chi connectivity index (χ1) is 4.16. The first-order valence-electron chi connectivity index (χ1n) is 2.58. The van der Waals surface area contributed by atoms with Gasteiger partial charge in [-0.1, -0.05) is 5.16 Å². The van der Waals surface area contributed by atoms with Crippen molar-refractivity contribution in [2.75, 3.05) is 6.54 Å². The molecule has 0 fully saturated rings. The molecule has 0 saturated heterocycles. The van der Waals surface area contributed by atoms with Gasteiger partial charge in [0.25, 0.3) is 0 Å². The molecule has 2 N–H and O–H groups in total. The molecule has 0 aliphatic rings. The van der Waals surface area contributed by atoms with Crippen LogP contribution in [0.4, 0.5) is 0 Å². The van der Waals surface area contributed by atoms with Crippen LogP contribution in [0.15, 0.2) is 5.16 Å². The standard InChI is InChI=1S/C5H10N2O2/c1-4(2)7-9-5(8)3-6/h3,6H2,1-2H3. The minimum absolute atomic E-state index is 0.128. The molecule has 0 aliphatic heterocycles. The maximum absolute atomic E-state index is 10.3. The summed E-state index contributed by atoms with van der Waals surface area (Å²) in [5.74, 6) is -0.517. The number of nitrogens with zero attached hydrogens (tertiary/aromatic N) is 1. The molecule has 4 nitrogen and oxygen atoms in total. The molecule has 0 amide bonds. The van der Waals surface area contributed by atoms with Crippen molar-refractivity contribution in [3.63, 3.8) is 0 Å². The fourth-order valence-electron chi connectivity index (χ4n) is 0.179. The average Bonchev–Trinajstić information content (AvgIpc) is 1.83. The molecule has 9 heavy (non-hydrogen) atoms. The monoisotopic (exact) mass is 130 g/mol. The van der Waals surface area contributed by atoms with Crippen molar-refractivity contribution in [3.05, 3.63) is 0 Å². The summed E-state index contributed by atoms with van der Waals surface area (Å²) in [5.41, 5.74) is 5.61. The van der Waals surface area contributed by atoms with Gasteiger partial charge in [0.15, 0.2) is 0 Å². The molecule has 0 aromatic rings. The summed E-state index contributed by atoms with van der Waals surface area (Å²) in [6.45, 7) is 3.32. The van der Waals surface area contributed by atoms with Crippen LogP contribution in [0.1, 0.15) is 13.8 Å². The predicted octanol–water partition coefficient (Wildman–Crippen LogP) is -0.116. The Labute approximate surface area is 53.7 Å². The summed E-state index contributed by atoms with van der Waals surface area (Å²) < 4.78 is 0. The molecule has 4 heteroatoms. The first kappa shape index (κ1) is 8.10. The molecule has 0 unspecified atom stereocenters. The zero-order valence-electron chi connectivity index (χ0n) is 5.55. The molecule has 0 aromatic carbocycles. The van der Waals surface area contributed by atoms with Crippen LogP contribution < -0.4 is 5.73 Å². The van der Waals surface area contributed by atoms with Gasteiger partial charge in [0, 0.05) is 0 Å². The smallest absolute Gasteiger partial charge is 0.321 e. The fraction of sp³-hybridized carbons (Fsp3) is 0.600. The van der Waals surface area contributed by atoms with Crippen LogP contribution >= 0.6 is 0 Å². The van der Waals surface area contributed by atoms with E-state index < -0.39 is 5.97 Å². The second-order valence-electron chi connectivity index (χ2n) is 1.71. The summed E-state index contributed by atoms with van der Waals surface area (Å²) >= 11 is 0. The number of carbonyl (C=O) groups excluding carboxylic acids is 1. The van der Waals surface area contributed by atoms with Gasteiger partial charge >= 0.3 is 5.97 Å². The predicted molar refractivity (Wildman–Crippen MR) is 33.9 cm³/mol. The maximum atomic E-state index is 10.3. The third-order valence-electron chi connectivity index (χ3n) is 0.497. The van der Waals surface area contributed by atoms with Crippen LogP contribution in [0, 0.1) is 0 Å². The molecule has 0 atom stereocenters. The Morgan fingerprint density at radius 3 is 2.56 bits per heavy atom. The Balaban J connectivity index is 3.50. The van der Waals surface area contributed by atoms with Gasteiger partial charge in [-0.25, -0.2) is 4.79 Å². The van der Waals surface area contributed by atoms with Gasteiger partial charge < -0.3 is 10.6 Å². The van der Waals surface area contributed by atoms with E-state index in [4.69, 9.17) is 5.73 Å². The SMILES string of the molecule is CC(C)=NOC(=O)CN. The third-order valence-corrected chi connectivity index (χ3v) is 0.497. The second-order valence-corrected chi connectivity index (χ2v) is 1.71. The topological polar surface area (TPSA) is 64.7 Å². The van der Waals surface area contributed by atoms with E-state index in [0.717, 1.165) is 0 Å². The molecule has 0 aliphatic carbocycles. The molecular weight excluding hydrogens is 120 g/mol. The molecule has 52 valence electrons. The van der Waals surface area contributed by atoms with Gasteiger partial charge in [0.05, 0.1) is 12.3 Å². The maximum Gasteiger partial charge on any atom is 0.348 e. The van der Waals surface area contributed by atoms with Crippen molar-refractivity contribution >= 4 is 11.7 Å². The highest BCUT2D eigenvalue weighted by molar-refractivity contribution is 5.80. The Morgan fingerprint density at radius 1 is 1.67 bits per heavy atom. The summed E-state index contributed by atoms with van der Waals surface area (Å²) in [6, 6.07) is 0. The third kappa shape index (κ3) is 4.96. The first-order valence-corrected chi connectivity index (χ1v) is 2.58. The van der Waals surface area contributed by atoms with Crippen molar-refractivity contribution in [2.24, 2.45) is 10.9 Å². The van der Waals surface area contributed by atoms with Crippen LogP contribution in [0.25, 0.3) is 0 Å². The molecule has 0 aromatic heterocycles. The van der Waals surface area contributed by atoms with Crippen LogP contribution in [0.3, 0.4) is 0 Å². The van der Waals surface area contributed by atoms with Crippen LogP contribution in [-0.2, 0) is 9.63 Å². The fourth-order valence-corrected chi connectivity index (χ4v) is 0.179. The quantitative estimate of drug-likeness (QED) is 0.322. The van der Waals surface area contributed by atoms with E-state index in [1.165, 1.54) is 0 Å². The minimum Gasteiger partial charge on any atom is -0.321 e. The van der Waals surface area contributed by atoms with Gasteiger partial charge in [-0.2, -0.15) is 0 Å². The largest absolute Gasteiger partial charge is 0.348 e. The Kier molecular flexibility index (Phi) is 3.62. The van der Waals surface area contributed by atoms with E-state index in [1.807, 2.05) is 0 Å². The summed E-state index contributed by atoms with van der Waals surface area (Å²) in [7, 11) is 0. The minimum atomic E-state index is -0.517. The number of nitrogens with two attached hydrogens (primary N) is 1. The summed E-state index contributed by atoms with van der Waals surface area (Å²) in [6.07, 6.45) is 0.